The minimum Gasteiger partial charge on any atom is -0.384 e. The van der Waals surface area contributed by atoms with Gasteiger partial charge >= 0.3 is 0 Å². The van der Waals surface area contributed by atoms with E-state index < -0.39 is 0 Å². The van der Waals surface area contributed by atoms with Crippen molar-refractivity contribution in [3.8, 4) is 0 Å². The number of anilines is 1. The van der Waals surface area contributed by atoms with E-state index >= 15 is 0 Å². The summed E-state index contributed by atoms with van der Waals surface area (Å²) in [6.45, 7) is 3.83. The van der Waals surface area contributed by atoms with Gasteiger partial charge in [-0.3, -0.25) is 9.69 Å². The first-order valence-corrected chi connectivity index (χ1v) is 9.24. The van der Waals surface area contributed by atoms with Crippen molar-refractivity contribution in [2.45, 2.75) is 32.4 Å². The number of hydrogen-bond acceptors (Lipinski definition) is 5. The predicted octanol–water partition coefficient (Wildman–Crippen LogP) is 2.11. The first-order chi connectivity index (χ1) is 12.9. The molecule has 0 bridgehead atoms. The number of nitrogens with two attached hydrogens (primary N) is 1. The number of likely N-dealkylation sites (tertiary alicyclic amines) is 1. The van der Waals surface area contributed by atoms with Gasteiger partial charge in [0.05, 0.1) is 6.54 Å². The van der Waals surface area contributed by atoms with E-state index in [0.29, 0.717) is 43.3 Å². The Morgan fingerprint density at radius 2 is 2.19 bits per heavy atom. The van der Waals surface area contributed by atoms with E-state index in [-0.39, 0.29) is 23.7 Å². The van der Waals surface area contributed by atoms with Gasteiger partial charge in [-0.1, -0.05) is 25.1 Å². The molecular weight excluding hydrogens is 345 g/mol. The molecule has 0 spiro atoms. The Morgan fingerprint density at radius 1 is 1.41 bits per heavy atom. The van der Waals surface area contributed by atoms with E-state index in [2.05, 4.69) is 14.9 Å². The first-order valence-electron chi connectivity index (χ1n) is 9.24. The van der Waals surface area contributed by atoms with Gasteiger partial charge in [-0.15, -0.1) is 0 Å². The Hall–Kier alpha value is -2.54. The number of nitrogens with zero attached hydrogens (tertiary/aromatic N) is 4. The van der Waals surface area contributed by atoms with Gasteiger partial charge < -0.3 is 10.6 Å². The van der Waals surface area contributed by atoms with Gasteiger partial charge in [0.25, 0.3) is 0 Å². The van der Waals surface area contributed by atoms with Crippen LogP contribution in [0.1, 0.15) is 24.7 Å². The summed E-state index contributed by atoms with van der Waals surface area (Å²) < 4.78 is 13.8. The van der Waals surface area contributed by atoms with Crippen LogP contribution in [0.25, 0.3) is 0 Å². The third-order valence-electron chi connectivity index (χ3n) is 5.12. The number of amides is 1. The third kappa shape index (κ3) is 4.80. The monoisotopic (exact) mass is 371 g/mol. The van der Waals surface area contributed by atoms with Crippen LogP contribution in [0.15, 0.2) is 36.5 Å². The molecule has 1 aliphatic heterocycles. The lowest BCUT2D eigenvalue weighted by Gasteiger charge is -2.25. The molecule has 144 valence electrons. The fourth-order valence-electron chi connectivity index (χ4n) is 3.54. The molecule has 2 atom stereocenters. The Bertz CT molecular complexity index is 799. The fourth-order valence-corrected chi connectivity index (χ4v) is 3.54. The van der Waals surface area contributed by atoms with E-state index in [1.54, 1.807) is 30.5 Å². The Morgan fingerprint density at radius 3 is 2.93 bits per heavy atom. The van der Waals surface area contributed by atoms with Crippen LogP contribution in [0.3, 0.4) is 0 Å². The molecule has 3 rings (SSSR count). The topological polar surface area (TPSA) is 75.4 Å². The second-order valence-corrected chi connectivity index (χ2v) is 7.24. The average molecular weight is 371 g/mol. The van der Waals surface area contributed by atoms with E-state index in [0.717, 1.165) is 6.42 Å². The average Bonchev–Trinajstić information content (AvgIpc) is 3.13. The minimum absolute atomic E-state index is 0.0781. The lowest BCUT2D eigenvalue weighted by molar-refractivity contribution is -0.134. The number of rotatable bonds is 6. The zero-order valence-electron chi connectivity index (χ0n) is 15.8. The number of benzene rings is 1. The molecule has 1 fully saturated rings. The van der Waals surface area contributed by atoms with E-state index in [9.17, 15) is 9.18 Å². The van der Waals surface area contributed by atoms with Gasteiger partial charge in [0.2, 0.25) is 5.91 Å². The number of nitrogen functional groups attached to an aromatic ring is 1. The Balaban J connectivity index is 1.55. The van der Waals surface area contributed by atoms with Gasteiger partial charge in [-0.2, -0.15) is 0 Å². The molecule has 0 radical (unpaired) electrons. The van der Waals surface area contributed by atoms with Crippen LogP contribution in [0.4, 0.5) is 10.2 Å². The van der Waals surface area contributed by atoms with Crippen LogP contribution in [-0.4, -0.2) is 51.9 Å². The maximum Gasteiger partial charge on any atom is 0.225 e. The van der Waals surface area contributed by atoms with Crippen LogP contribution < -0.4 is 5.73 Å². The number of carbonyl (C=O) groups excluding carboxylic acids is 1. The maximum absolute atomic E-state index is 13.8. The highest BCUT2D eigenvalue weighted by Crippen LogP contribution is 2.20. The van der Waals surface area contributed by atoms with E-state index in [4.69, 9.17) is 5.73 Å². The lowest BCUT2D eigenvalue weighted by Crippen LogP contribution is -2.38. The van der Waals surface area contributed by atoms with Gasteiger partial charge in [-0.05, 0) is 37.6 Å². The fraction of sp³-hybridized carbons (Fsp3) is 0.450. The summed E-state index contributed by atoms with van der Waals surface area (Å²) in [7, 11) is 2.01. The normalized spacial score (nSPS) is 18.1. The highest BCUT2D eigenvalue weighted by Gasteiger charge is 2.31. The summed E-state index contributed by atoms with van der Waals surface area (Å²) in [6, 6.07) is 8.55. The minimum atomic E-state index is -0.252. The molecular formula is C20H26FN5O. The van der Waals surface area contributed by atoms with Crippen LogP contribution in [0.5, 0.6) is 0 Å². The molecule has 1 aromatic heterocycles. The molecule has 2 heterocycles. The molecule has 1 saturated heterocycles. The van der Waals surface area contributed by atoms with Crippen molar-refractivity contribution in [3.63, 3.8) is 0 Å². The predicted molar refractivity (Wildman–Crippen MR) is 102 cm³/mol. The van der Waals surface area contributed by atoms with Crippen molar-refractivity contribution < 1.29 is 9.18 Å². The van der Waals surface area contributed by atoms with E-state index in [1.165, 1.54) is 6.07 Å². The van der Waals surface area contributed by atoms with Crippen LogP contribution in [0.2, 0.25) is 0 Å². The number of carbonyl (C=O) groups is 1. The summed E-state index contributed by atoms with van der Waals surface area (Å²) in [5, 5.41) is 0. The Labute approximate surface area is 159 Å². The first kappa shape index (κ1) is 19.2. The Kier molecular flexibility index (Phi) is 6.01. The van der Waals surface area contributed by atoms with E-state index in [1.807, 2.05) is 18.9 Å². The number of hydrogen-bond donors (Lipinski definition) is 1. The summed E-state index contributed by atoms with van der Waals surface area (Å²) in [5.74, 6) is 0.713. The van der Waals surface area contributed by atoms with Gasteiger partial charge in [-0.25, -0.2) is 14.4 Å². The molecule has 6 nitrogen and oxygen atoms in total. The summed E-state index contributed by atoms with van der Waals surface area (Å²) in [5.41, 5.74) is 6.30. The smallest absolute Gasteiger partial charge is 0.225 e. The van der Waals surface area contributed by atoms with Crippen molar-refractivity contribution >= 4 is 11.7 Å². The standard InChI is InChI=1S/C20H26FN5O/c1-14(11-15-5-3-4-6-17(15)21)20(27)26-10-8-16(12-26)25(2)13-19-23-9-7-18(22)24-19/h3-7,9,14,16H,8,10-13H2,1-2H3,(H2,22,23,24)/t14-,16-/m0/s1. The summed E-state index contributed by atoms with van der Waals surface area (Å²) >= 11 is 0. The second-order valence-electron chi connectivity index (χ2n) is 7.24. The molecule has 0 saturated carbocycles. The number of aromatic nitrogens is 2. The van der Waals surface area contributed by atoms with Gasteiger partial charge in [0.1, 0.15) is 17.5 Å². The molecule has 0 aliphatic carbocycles. The van der Waals surface area contributed by atoms with Crippen molar-refractivity contribution in [2.75, 3.05) is 25.9 Å². The zero-order chi connectivity index (χ0) is 19.4. The molecule has 2 aromatic rings. The quantitative estimate of drug-likeness (QED) is 0.842. The number of likely N-dealkylation sites (N-methyl/N-ethyl adjacent to an activating group) is 1. The largest absolute Gasteiger partial charge is 0.384 e. The molecule has 7 heteroatoms. The summed E-state index contributed by atoms with van der Waals surface area (Å²) in [4.78, 5) is 25.3. The SMILES string of the molecule is C[C@@H](Cc1ccccc1F)C(=O)N1CC[C@H](N(C)Cc2nccc(N)n2)C1. The summed E-state index contributed by atoms with van der Waals surface area (Å²) in [6.07, 6.45) is 2.97. The lowest BCUT2D eigenvalue weighted by atomic mass is 9.99. The van der Waals surface area contributed by atoms with Gasteiger partial charge in [0, 0.05) is 31.2 Å². The number of halogens is 1. The molecule has 1 aliphatic rings. The maximum atomic E-state index is 13.8. The van der Waals surface area contributed by atoms with Crippen LogP contribution >= 0.6 is 0 Å². The molecule has 1 aromatic carbocycles. The van der Waals surface area contributed by atoms with Gasteiger partial charge in [0.15, 0.2) is 0 Å². The second kappa shape index (κ2) is 8.43. The highest BCUT2D eigenvalue weighted by molar-refractivity contribution is 5.79. The van der Waals surface area contributed by atoms with Crippen molar-refractivity contribution in [2.24, 2.45) is 5.92 Å². The zero-order valence-corrected chi connectivity index (χ0v) is 15.8. The van der Waals surface area contributed by atoms with Crippen molar-refractivity contribution in [1.82, 2.24) is 19.8 Å². The molecule has 2 N–H and O–H groups in total. The van der Waals surface area contributed by atoms with Crippen LogP contribution in [0, 0.1) is 11.7 Å². The third-order valence-corrected chi connectivity index (χ3v) is 5.12. The molecule has 1 amide bonds. The molecule has 27 heavy (non-hydrogen) atoms. The van der Waals surface area contributed by atoms with Crippen molar-refractivity contribution in [1.29, 1.82) is 0 Å². The molecule has 0 unspecified atom stereocenters. The highest BCUT2D eigenvalue weighted by atomic mass is 19.1. The van der Waals surface area contributed by atoms with Crippen molar-refractivity contribution in [3.05, 3.63) is 53.7 Å². The van der Waals surface area contributed by atoms with Crippen LogP contribution in [-0.2, 0) is 17.8 Å².